The Balaban J connectivity index is 0.00000280. The van der Waals surface area contributed by atoms with E-state index in [4.69, 9.17) is 0 Å². The number of Topliss-reactive ketones (excluding diaryl/α,β-unsaturated/α-hetero) is 1. The highest BCUT2D eigenvalue weighted by molar-refractivity contribution is 7.89. The standard InChI is InChI=1S/C20H36N2O4S.ClH/c1-17(2)11-15(12-18(3,4)22(17)24)21(7)27(25,26)13-20-9-8-14(10-16(20)23)19(20,5)6;/h14-15,24H,8-13H2,1-7H3;1H. The van der Waals surface area contributed by atoms with E-state index in [1.165, 1.54) is 9.37 Å². The van der Waals surface area contributed by atoms with E-state index in [-0.39, 0.29) is 35.4 Å². The van der Waals surface area contributed by atoms with Crippen molar-refractivity contribution in [3.63, 3.8) is 0 Å². The fourth-order valence-corrected chi connectivity index (χ4v) is 8.33. The molecule has 1 aliphatic heterocycles. The third kappa shape index (κ3) is 3.35. The van der Waals surface area contributed by atoms with Crippen LogP contribution in [0.5, 0.6) is 0 Å². The van der Waals surface area contributed by atoms with Crippen LogP contribution in [0.2, 0.25) is 0 Å². The average molecular weight is 437 g/mol. The second kappa shape index (κ2) is 6.91. The number of hydroxylamine groups is 2. The van der Waals surface area contributed by atoms with Gasteiger partial charge < -0.3 is 5.21 Å². The Hall–Kier alpha value is -0.210. The number of sulfonamides is 1. The number of hydrogen-bond donors (Lipinski definition) is 1. The molecule has 6 nitrogen and oxygen atoms in total. The Bertz CT molecular complexity index is 731. The third-order valence-electron chi connectivity index (χ3n) is 8.14. The van der Waals surface area contributed by atoms with Crippen molar-refractivity contribution in [1.29, 1.82) is 0 Å². The second-order valence-electron chi connectivity index (χ2n) is 10.9. The van der Waals surface area contributed by atoms with Crippen molar-refractivity contribution in [1.82, 2.24) is 9.37 Å². The number of rotatable bonds is 4. The minimum absolute atomic E-state index is 0. The Kier molecular flexibility index (Phi) is 5.94. The smallest absolute Gasteiger partial charge is 0.215 e. The quantitative estimate of drug-likeness (QED) is 0.729. The molecule has 0 aromatic carbocycles. The van der Waals surface area contributed by atoms with Gasteiger partial charge in [-0.1, -0.05) is 13.8 Å². The molecule has 1 N–H and O–H groups in total. The van der Waals surface area contributed by atoms with E-state index in [1.54, 1.807) is 7.05 Å². The average Bonchev–Trinajstić information content (AvgIpc) is 2.85. The number of carbonyl (C=O) groups excluding carboxylic acids is 1. The fourth-order valence-electron chi connectivity index (χ4n) is 6.22. The van der Waals surface area contributed by atoms with Gasteiger partial charge in [-0.3, -0.25) is 4.79 Å². The number of carbonyl (C=O) groups is 1. The molecule has 0 amide bonds. The predicted octanol–water partition coefficient (Wildman–Crippen LogP) is 3.48. The third-order valence-corrected chi connectivity index (χ3v) is 10.2. The molecular formula is C20H37ClN2O4S. The molecule has 1 saturated heterocycles. The van der Waals surface area contributed by atoms with Gasteiger partial charge in [0.1, 0.15) is 5.78 Å². The van der Waals surface area contributed by atoms with Crippen LogP contribution >= 0.6 is 12.4 Å². The van der Waals surface area contributed by atoms with Gasteiger partial charge in [0.15, 0.2) is 0 Å². The summed E-state index contributed by atoms with van der Waals surface area (Å²) in [5.74, 6) is 0.353. The number of piperidine rings is 1. The summed E-state index contributed by atoms with van der Waals surface area (Å²) in [6.45, 7) is 11.9. The summed E-state index contributed by atoms with van der Waals surface area (Å²) in [4.78, 5) is 12.8. The van der Waals surface area contributed by atoms with Crippen LogP contribution in [0.4, 0.5) is 0 Å². The van der Waals surface area contributed by atoms with Crippen LogP contribution in [-0.4, -0.2) is 58.7 Å². The molecule has 8 heteroatoms. The van der Waals surface area contributed by atoms with Gasteiger partial charge in [-0.05, 0) is 64.7 Å². The summed E-state index contributed by atoms with van der Waals surface area (Å²) < 4.78 is 28.3. The Morgan fingerprint density at radius 1 is 1.11 bits per heavy atom. The first kappa shape index (κ1) is 24.1. The molecule has 1 heterocycles. The van der Waals surface area contributed by atoms with Crippen molar-refractivity contribution in [2.45, 2.75) is 90.8 Å². The maximum Gasteiger partial charge on any atom is 0.215 e. The zero-order chi connectivity index (χ0) is 20.6. The van der Waals surface area contributed by atoms with Gasteiger partial charge in [0, 0.05) is 36.0 Å². The topological polar surface area (TPSA) is 77.9 Å². The highest BCUT2D eigenvalue weighted by atomic mass is 35.5. The van der Waals surface area contributed by atoms with Crippen molar-refractivity contribution in [3.8, 4) is 0 Å². The molecule has 28 heavy (non-hydrogen) atoms. The Morgan fingerprint density at radius 3 is 2.00 bits per heavy atom. The lowest BCUT2D eigenvalue weighted by atomic mass is 9.70. The summed E-state index contributed by atoms with van der Waals surface area (Å²) >= 11 is 0. The van der Waals surface area contributed by atoms with Gasteiger partial charge in [0.2, 0.25) is 10.0 Å². The van der Waals surface area contributed by atoms with Crippen LogP contribution in [-0.2, 0) is 14.8 Å². The van der Waals surface area contributed by atoms with Crippen LogP contribution in [0.15, 0.2) is 0 Å². The minimum Gasteiger partial charge on any atom is -0.313 e. The molecule has 2 bridgehead atoms. The zero-order valence-electron chi connectivity index (χ0n) is 18.3. The zero-order valence-corrected chi connectivity index (χ0v) is 19.9. The second-order valence-corrected chi connectivity index (χ2v) is 13.0. The fraction of sp³-hybridized carbons (Fsp3) is 0.950. The van der Waals surface area contributed by atoms with Crippen molar-refractivity contribution in [2.24, 2.45) is 16.7 Å². The number of fused-ring (bicyclic) bond motifs is 2. The lowest BCUT2D eigenvalue weighted by Gasteiger charge is -2.53. The first-order valence-electron chi connectivity index (χ1n) is 10.1. The van der Waals surface area contributed by atoms with Crippen LogP contribution in [0.1, 0.15) is 73.6 Å². The monoisotopic (exact) mass is 436 g/mol. The molecule has 2 saturated carbocycles. The van der Waals surface area contributed by atoms with Gasteiger partial charge in [0.25, 0.3) is 0 Å². The minimum atomic E-state index is -3.60. The highest BCUT2D eigenvalue weighted by Gasteiger charge is 2.65. The van der Waals surface area contributed by atoms with Crippen molar-refractivity contribution in [3.05, 3.63) is 0 Å². The number of ketones is 1. The van der Waals surface area contributed by atoms with Crippen LogP contribution in [0.25, 0.3) is 0 Å². The molecule has 3 rings (SSSR count). The van der Waals surface area contributed by atoms with Crippen molar-refractivity contribution in [2.75, 3.05) is 12.8 Å². The van der Waals surface area contributed by atoms with E-state index in [0.717, 1.165) is 6.42 Å². The van der Waals surface area contributed by atoms with E-state index in [9.17, 15) is 18.4 Å². The molecule has 0 aromatic rings. The van der Waals surface area contributed by atoms with Crippen LogP contribution < -0.4 is 0 Å². The van der Waals surface area contributed by atoms with E-state index in [0.29, 0.717) is 31.6 Å². The lowest BCUT2D eigenvalue weighted by molar-refractivity contribution is -0.249. The van der Waals surface area contributed by atoms with E-state index in [2.05, 4.69) is 13.8 Å². The molecule has 2 unspecified atom stereocenters. The maximum absolute atomic E-state index is 13.4. The van der Waals surface area contributed by atoms with E-state index in [1.807, 2.05) is 27.7 Å². The van der Waals surface area contributed by atoms with Gasteiger partial charge >= 0.3 is 0 Å². The summed E-state index contributed by atoms with van der Waals surface area (Å²) in [5, 5.41) is 11.9. The van der Waals surface area contributed by atoms with Crippen LogP contribution in [0.3, 0.4) is 0 Å². The largest absolute Gasteiger partial charge is 0.313 e. The highest BCUT2D eigenvalue weighted by Crippen LogP contribution is 2.64. The van der Waals surface area contributed by atoms with Gasteiger partial charge in [-0.25, -0.2) is 12.7 Å². The molecule has 2 aliphatic carbocycles. The molecule has 164 valence electrons. The van der Waals surface area contributed by atoms with Crippen molar-refractivity contribution >= 4 is 28.2 Å². The SMILES string of the molecule is CN(C1CC(C)(C)N(O)C(C)(C)C1)S(=O)(=O)CC12CCC(CC1=O)C2(C)C.Cl. The Morgan fingerprint density at radius 2 is 1.61 bits per heavy atom. The first-order chi connectivity index (χ1) is 12.1. The number of nitrogens with zero attached hydrogens (tertiary/aromatic N) is 2. The van der Waals surface area contributed by atoms with Gasteiger partial charge in [-0.15, -0.1) is 12.4 Å². The molecule has 0 aromatic heterocycles. The van der Waals surface area contributed by atoms with Gasteiger partial charge in [-0.2, -0.15) is 5.06 Å². The summed E-state index contributed by atoms with van der Waals surface area (Å²) in [5.41, 5.74) is -2.04. The molecule has 2 atom stereocenters. The first-order valence-corrected chi connectivity index (χ1v) is 11.7. The Labute approximate surface area is 176 Å². The number of halogens is 1. The number of hydrogen-bond acceptors (Lipinski definition) is 5. The molecule has 0 radical (unpaired) electrons. The lowest BCUT2D eigenvalue weighted by Crippen LogP contribution is -2.63. The normalized spacial score (nSPS) is 34.6. The summed E-state index contributed by atoms with van der Waals surface area (Å²) in [6, 6.07) is -0.198. The summed E-state index contributed by atoms with van der Waals surface area (Å²) in [7, 11) is -1.95. The molecular weight excluding hydrogens is 400 g/mol. The van der Waals surface area contributed by atoms with Crippen molar-refractivity contribution < 1.29 is 18.4 Å². The van der Waals surface area contributed by atoms with Gasteiger partial charge in [0.05, 0.1) is 5.75 Å². The molecule has 3 aliphatic rings. The maximum atomic E-state index is 13.4. The summed E-state index contributed by atoms with van der Waals surface area (Å²) in [6.07, 6.45) is 3.25. The van der Waals surface area contributed by atoms with E-state index < -0.39 is 26.5 Å². The predicted molar refractivity (Wildman–Crippen MR) is 112 cm³/mol. The molecule has 0 spiro atoms. The van der Waals surface area contributed by atoms with Crippen LogP contribution in [0, 0.1) is 16.7 Å². The molecule has 3 fully saturated rings. The van der Waals surface area contributed by atoms with E-state index >= 15 is 0 Å².